The van der Waals surface area contributed by atoms with Crippen molar-refractivity contribution in [2.24, 2.45) is 5.73 Å². The topological polar surface area (TPSA) is 43.8 Å². The Bertz CT molecular complexity index is 355. The molecule has 1 aromatic rings. The first kappa shape index (κ1) is 13.0. The number of hydrogen-bond donors (Lipinski definition) is 1. The van der Waals surface area contributed by atoms with Crippen molar-refractivity contribution in [1.29, 1.82) is 0 Å². The SMILES string of the molecule is CC[C@@H](N)c1cncn1CC1(SC)CCCC1. The molecule has 1 fully saturated rings. The molecular formula is C13H23N3S. The van der Waals surface area contributed by atoms with Crippen LogP contribution in [0.5, 0.6) is 0 Å². The van der Waals surface area contributed by atoms with Crippen LogP contribution in [0.3, 0.4) is 0 Å². The van der Waals surface area contributed by atoms with Gasteiger partial charge in [-0.2, -0.15) is 11.8 Å². The standard InChI is InChI=1S/C13H23N3S/c1-3-11(14)12-8-15-10-16(12)9-13(17-2)6-4-5-7-13/h8,10-11H,3-7,9,14H2,1-2H3/t11-/m1/s1. The van der Waals surface area contributed by atoms with Crippen molar-refractivity contribution >= 4 is 11.8 Å². The lowest BCUT2D eigenvalue weighted by Crippen LogP contribution is -2.28. The van der Waals surface area contributed by atoms with Gasteiger partial charge in [0.1, 0.15) is 0 Å². The Morgan fingerprint density at radius 2 is 2.24 bits per heavy atom. The normalized spacial score (nSPS) is 20.6. The van der Waals surface area contributed by atoms with Gasteiger partial charge in [-0.1, -0.05) is 19.8 Å². The molecule has 2 N–H and O–H groups in total. The van der Waals surface area contributed by atoms with Crippen LogP contribution in [-0.2, 0) is 6.54 Å². The van der Waals surface area contributed by atoms with Gasteiger partial charge in [0.05, 0.1) is 12.0 Å². The fraction of sp³-hybridized carbons (Fsp3) is 0.769. The highest BCUT2D eigenvalue weighted by Gasteiger charge is 2.33. The Morgan fingerprint density at radius 3 is 2.82 bits per heavy atom. The van der Waals surface area contributed by atoms with E-state index in [4.69, 9.17) is 5.73 Å². The van der Waals surface area contributed by atoms with Crippen LogP contribution in [0.1, 0.15) is 50.8 Å². The van der Waals surface area contributed by atoms with Crippen molar-refractivity contribution in [3.05, 3.63) is 18.2 Å². The zero-order valence-corrected chi connectivity index (χ0v) is 11.7. The third-order valence-corrected chi connectivity index (χ3v) is 5.37. The molecule has 96 valence electrons. The van der Waals surface area contributed by atoms with Crippen molar-refractivity contribution in [3.63, 3.8) is 0 Å². The zero-order chi connectivity index (χ0) is 12.3. The van der Waals surface area contributed by atoms with Gasteiger partial charge in [0, 0.05) is 23.5 Å². The molecule has 1 saturated carbocycles. The number of nitrogens with two attached hydrogens (primary N) is 1. The van der Waals surface area contributed by atoms with Gasteiger partial charge in [0.25, 0.3) is 0 Å². The molecule has 0 amide bonds. The number of rotatable bonds is 5. The summed E-state index contributed by atoms with van der Waals surface area (Å²) in [6.45, 7) is 3.19. The lowest BCUT2D eigenvalue weighted by Gasteiger charge is -2.28. The fourth-order valence-corrected chi connectivity index (χ4v) is 3.70. The molecule has 1 aliphatic carbocycles. The summed E-state index contributed by atoms with van der Waals surface area (Å²) in [6, 6.07) is 0.123. The molecule has 1 aromatic heterocycles. The minimum Gasteiger partial charge on any atom is -0.332 e. The van der Waals surface area contributed by atoms with E-state index in [0.717, 1.165) is 13.0 Å². The Morgan fingerprint density at radius 1 is 1.53 bits per heavy atom. The fourth-order valence-electron chi connectivity index (χ4n) is 2.74. The van der Waals surface area contributed by atoms with E-state index < -0.39 is 0 Å². The molecule has 0 radical (unpaired) electrons. The lowest BCUT2D eigenvalue weighted by atomic mass is 10.1. The molecule has 0 saturated heterocycles. The van der Waals surface area contributed by atoms with Gasteiger partial charge in [-0.25, -0.2) is 4.98 Å². The molecule has 1 aliphatic rings. The van der Waals surface area contributed by atoms with Gasteiger partial charge in [0.2, 0.25) is 0 Å². The summed E-state index contributed by atoms with van der Waals surface area (Å²) in [4.78, 5) is 4.27. The second-order valence-corrected chi connectivity index (χ2v) is 6.33. The van der Waals surface area contributed by atoms with Crippen LogP contribution in [0.4, 0.5) is 0 Å². The molecule has 0 unspecified atom stereocenters. The van der Waals surface area contributed by atoms with E-state index in [-0.39, 0.29) is 6.04 Å². The Hall–Kier alpha value is -0.480. The molecule has 1 atom stereocenters. The predicted molar refractivity (Wildman–Crippen MR) is 74.2 cm³/mol. The van der Waals surface area contributed by atoms with Crippen LogP contribution < -0.4 is 5.73 Å². The number of imidazole rings is 1. The summed E-state index contributed by atoms with van der Waals surface area (Å²) in [5.74, 6) is 0. The minimum atomic E-state index is 0.123. The zero-order valence-electron chi connectivity index (χ0n) is 10.9. The van der Waals surface area contributed by atoms with Gasteiger partial charge >= 0.3 is 0 Å². The highest BCUT2D eigenvalue weighted by molar-refractivity contribution is 8.00. The average molecular weight is 253 g/mol. The summed E-state index contributed by atoms with van der Waals surface area (Å²) >= 11 is 2.02. The molecule has 1 heterocycles. The maximum atomic E-state index is 6.13. The van der Waals surface area contributed by atoms with Crippen molar-refractivity contribution in [3.8, 4) is 0 Å². The molecule has 2 rings (SSSR count). The van der Waals surface area contributed by atoms with Crippen LogP contribution in [0, 0.1) is 0 Å². The van der Waals surface area contributed by atoms with E-state index in [9.17, 15) is 0 Å². The van der Waals surface area contributed by atoms with Crippen LogP contribution in [0.15, 0.2) is 12.5 Å². The molecule has 0 aliphatic heterocycles. The second kappa shape index (κ2) is 5.44. The van der Waals surface area contributed by atoms with Crippen molar-refractivity contribution in [2.45, 2.75) is 56.4 Å². The van der Waals surface area contributed by atoms with Gasteiger partial charge < -0.3 is 10.3 Å². The van der Waals surface area contributed by atoms with Crippen molar-refractivity contribution < 1.29 is 0 Å². The maximum Gasteiger partial charge on any atom is 0.0949 e. The molecule has 3 nitrogen and oxygen atoms in total. The van der Waals surface area contributed by atoms with Gasteiger partial charge in [-0.3, -0.25) is 0 Å². The van der Waals surface area contributed by atoms with E-state index in [1.807, 2.05) is 24.3 Å². The summed E-state index contributed by atoms with van der Waals surface area (Å²) in [5.41, 5.74) is 7.32. The van der Waals surface area contributed by atoms with Gasteiger partial charge in [-0.05, 0) is 25.5 Å². The summed E-state index contributed by atoms with van der Waals surface area (Å²) in [5, 5.41) is 0. The average Bonchev–Trinajstić information content (AvgIpc) is 2.98. The highest BCUT2D eigenvalue weighted by Crippen LogP contribution is 2.41. The maximum absolute atomic E-state index is 6.13. The number of nitrogens with zero attached hydrogens (tertiary/aromatic N) is 2. The Balaban J connectivity index is 2.15. The first-order chi connectivity index (χ1) is 8.21. The van der Waals surface area contributed by atoms with Crippen molar-refractivity contribution in [1.82, 2.24) is 9.55 Å². The summed E-state index contributed by atoms with van der Waals surface area (Å²) < 4.78 is 2.69. The van der Waals surface area contributed by atoms with Crippen molar-refractivity contribution in [2.75, 3.05) is 6.26 Å². The Kier molecular flexibility index (Phi) is 4.15. The number of aromatic nitrogens is 2. The number of hydrogen-bond acceptors (Lipinski definition) is 3. The van der Waals surface area contributed by atoms with E-state index in [2.05, 4.69) is 22.7 Å². The second-order valence-electron chi connectivity index (χ2n) is 5.06. The Labute approximate surface area is 108 Å². The van der Waals surface area contributed by atoms with E-state index in [1.165, 1.54) is 31.4 Å². The van der Waals surface area contributed by atoms with E-state index in [1.54, 1.807) is 0 Å². The predicted octanol–water partition coefficient (Wildman–Crippen LogP) is 2.97. The molecule has 0 spiro atoms. The largest absolute Gasteiger partial charge is 0.332 e. The lowest BCUT2D eigenvalue weighted by molar-refractivity contribution is 0.480. The molecule has 0 bridgehead atoms. The van der Waals surface area contributed by atoms with Crippen LogP contribution in [-0.4, -0.2) is 20.6 Å². The first-order valence-corrected chi connectivity index (χ1v) is 7.74. The molecule has 4 heteroatoms. The quantitative estimate of drug-likeness (QED) is 0.877. The summed E-state index contributed by atoms with van der Waals surface area (Å²) in [6.07, 6.45) is 12.5. The minimum absolute atomic E-state index is 0.123. The smallest absolute Gasteiger partial charge is 0.0949 e. The third kappa shape index (κ3) is 2.68. The molecule has 0 aromatic carbocycles. The van der Waals surface area contributed by atoms with Gasteiger partial charge in [0.15, 0.2) is 0 Å². The number of thioether (sulfide) groups is 1. The first-order valence-electron chi connectivity index (χ1n) is 6.51. The highest BCUT2D eigenvalue weighted by atomic mass is 32.2. The monoisotopic (exact) mass is 253 g/mol. The summed E-state index contributed by atoms with van der Waals surface area (Å²) in [7, 11) is 0. The van der Waals surface area contributed by atoms with E-state index >= 15 is 0 Å². The van der Waals surface area contributed by atoms with Crippen LogP contribution >= 0.6 is 11.8 Å². The van der Waals surface area contributed by atoms with Gasteiger partial charge in [-0.15, -0.1) is 0 Å². The third-order valence-electron chi connectivity index (χ3n) is 3.97. The van der Waals surface area contributed by atoms with Crippen LogP contribution in [0.25, 0.3) is 0 Å². The van der Waals surface area contributed by atoms with E-state index in [0.29, 0.717) is 4.75 Å². The van der Waals surface area contributed by atoms with Crippen LogP contribution in [0.2, 0.25) is 0 Å². The molecule has 17 heavy (non-hydrogen) atoms. The molecular weight excluding hydrogens is 230 g/mol.